The topological polar surface area (TPSA) is 26.3 Å². The van der Waals surface area contributed by atoms with E-state index >= 15 is 0 Å². The largest absolute Gasteiger partial charge is 0.462 e. The number of hydrogen-bond donors (Lipinski definition) is 0. The second-order valence-electron chi connectivity index (χ2n) is 4.34. The van der Waals surface area contributed by atoms with E-state index in [-0.39, 0.29) is 12.2 Å². The van der Waals surface area contributed by atoms with Crippen LogP contribution in [0, 0.1) is 0 Å². The minimum absolute atomic E-state index is 0.204. The zero-order chi connectivity index (χ0) is 15.5. The predicted molar refractivity (Wildman–Crippen MR) is 72.8 cm³/mol. The molecule has 2 aromatic carbocycles. The maximum atomic E-state index is 12.8. The first-order chi connectivity index (χ1) is 9.93. The first-order valence-electron chi connectivity index (χ1n) is 6.37. The molecule has 0 aliphatic rings. The monoisotopic (exact) mass is 294 g/mol. The average molecular weight is 294 g/mol. The molecule has 0 aromatic heterocycles. The van der Waals surface area contributed by atoms with Crippen LogP contribution in [0.5, 0.6) is 0 Å². The van der Waals surface area contributed by atoms with Crippen molar-refractivity contribution in [2.24, 2.45) is 0 Å². The summed E-state index contributed by atoms with van der Waals surface area (Å²) in [5, 5.41) is 0. The molecule has 0 aliphatic heterocycles. The quantitative estimate of drug-likeness (QED) is 0.776. The van der Waals surface area contributed by atoms with Crippen molar-refractivity contribution in [1.82, 2.24) is 0 Å². The molecule has 110 valence electrons. The summed E-state index contributed by atoms with van der Waals surface area (Å²) in [4.78, 5) is 11.9. The van der Waals surface area contributed by atoms with Crippen molar-refractivity contribution in [1.29, 1.82) is 0 Å². The minimum atomic E-state index is -4.42. The molecule has 2 aromatic rings. The number of alkyl halides is 3. The smallest absolute Gasteiger partial charge is 0.416 e. The molecule has 0 aliphatic carbocycles. The van der Waals surface area contributed by atoms with Gasteiger partial charge in [0.1, 0.15) is 0 Å². The lowest BCUT2D eigenvalue weighted by Gasteiger charge is -2.11. The molecule has 0 atom stereocenters. The first-order valence-corrected chi connectivity index (χ1v) is 6.37. The highest BCUT2D eigenvalue weighted by Crippen LogP contribution is 2.33. The van der Waals surface area contributed by atoms with Crippen LogP contribution in [0.15, 0.2) is 48.5 Å². The third kappa shape index (κ3) is 3.42. The van der Waals surface area contributed by atoms with E-state index in [1.54, 1.807) is 25.1 Å². The number of esters is 1. The Hall–Kier alpha value is -2.30. The van der Waals surface area contributed by atoms with E-state index in [0.29, 0.717) is 11.1 Å². The van der Waals surface area contributed by atoms with Crippen LogP contribution in [0.1, 0.15) is 22.8 Å². The second-order valence-corrected chi connectivity index (χ2v) is 4.34. The molecule has 21 heavy (non-hydrogen) atoms. The maximum Gasteiger partial charge on any atom is 0.416 e. The Morgan fingerprint density at radius 2 is 1.81 bits per heavy atom. The number of hydrogen-bond acceptors (Lipinski definition) is 2. The van der Waals surface area contributed by atoms with Crippen molar-refractivity contribution in [2.75, 3.05) is 6.61 Å². The first kappa shape index (κ1) is 15.1. The van der Waals surface area contributed by atoms with Crippen LogP contribution in [0.4, 0.5) is 13.2 Å². The Morgan fingerprint density at radius 1 is 1.10 bits per heavy atom. The lowest BCUT2D eigenvalue weighted by molar-refractivity contribution is -0.137. The van der Waals surface area contributed by atoms with Crippen LogP contribution in [0.25, 0.3) is 11.1 Å². The summed E-state index contributed by atoms with van der Waals surface area (Å²) in [6, 6.07) is 11.3. The van der Waals surface area contributed by atoms with Crippen LogP contribution in [-0.4, -0.2) is 12.6 Å². The SMILES string of the molecule is CCOC(=O)c1ccccc1-c1cccc(C(F)(F)F)c1. The van der Waals surface area contributed by atoms with Gasteiger partial charge in [-0.05, 0) is 36.2 Å². The summed E-state index contributed by atoms with van der Waals surface area (Å²) >= 11 is 0. The number of carbonyl (C=O) groups is 1. The summed E-state index contributed by atoms with van der Waals surface area (Å²) in [6.07, 6.45) is -4.42. The molecule has 0 N–H and O–H groups in total. The molecule has 2 rings (SSSR count). The molecule has 0 radical (unpaired) electrons. The summed E-state index contributed by atoms with van der Waals surface area (Å²) in [7, 11) is 0. The van der Waals surface area contributed by atoms with Crippen LogP contribution in [0.3, 0.4) is 0 Å². The summed E-state index contributed by atoms with van der Waals surface area (Å²) in [5.74, 6) is -0.550. The Labute approximate surface area is 120 Å². The van der Waals surface area contributed by atoms with Crippen LogP contribution in [-0.2, 0) is 10.9 Å². The van der Waals surface area contributed by atoms with Crippen LogP contribution < -0.4 is 0 Å². The zero-order valence-corrected chi connectivity index (χ0v) is 11.3. The molecule has 0 bridgehead atoms. The fourth-order valence-corrected chi connectivity index (χ4v) is 1.98. The zero-order valence-electron chi connectivity index (χ0n) is 11.3. The van der Waals surface area contributed by atoms with E-state index in [9.17, 15) is 18.0 Å². The van der Waals surface area contributed by atoms with E-state index in [0.717, 1.165) is 12.1 Å². The van der Waals surface area contributed by atoms with E-state index in [1.807, 2.05) is 0 Å². The van der Waals surface area contributed by atoms with Gasteiger partial charge in [-0.15, -0.1) is 0 Å². The standard InChI is InChI=1S/C16H13F3O2/c1-2-21-15(20)14-9-4-3-8-13(14)11-6-5-7-12(10-11)16(17,18)19/h3-10H,2H2,1H3. The van der Waals surface area contributed by atoms with Gasteiger partial charge in [-0.2, -0.15) is 13.2 Å². The molecular formula is C16H13F3O2. The van der Waals surface area contributed by atoms with Gasteiger partial charge in [0.2, 0.25) is 0 Å². The lowest BCUT2D eigenvalue weighted by atomic mass is 9.98. The Balaban J connectivity index is 2.50. The minimum Gasteiger partial charge on any atom is -0.462 e. The van der Waals surface area contributed by atoms with Crippen molar-refractivity contribution in [3.8, 4) is 11.1 Å². The van der Waals surface area contributed by atoms with Gasteiger partial charge in [0.05, 0.1) is 17.7 Å². The third-order valence-corrected chi connectivity index (χ3v) is 2.92. The average Bonchev–Trinajstić information content (AvgIpc) is 2.47. The highest BCUT2D eigenvalue weighted by atomic mass is 19.4. The normalized spacial score (nSPS) is 11.2. The lowest BCUT2D eigenvalue weighted by Crippen LogP contribution is -2.07. The summed E-state index contributed by atoms with van der Waals surface area (Å²) in [6.45, 7) is 1.88. The molecule has 5 heteroatoms. The molecule has 2 nitrogen and oxygen atoms in total. The van der Waals surface area contributed by atoms with Crippen molar-refractivity contribution < 1.29 is 22.7 Å². The van der Waals surface area contributed by atoms with E-state index in [2.05, 4.69) is 0 Å². The highest BCUT2D eigenvalue weighted by molar-refractivity contribution is 5.97. The van der Waals surface area contributed by atoms with Gasteiger partial charge in [-0.3, -0.25) is 0 Å². The maximum absolute atomic E-state index is 12.8. The fraction of sp³-hybridized carbons (Fsp3) is 0.188. The molecule has 0 saturated heterocycles. The van der Waals surface area contributed by atoms with E-state index in [4.69, 9.17) is 4.74 Å². The van der Waals surface area contributed by atoms with Crippen molar-refractivity contribution in [2.45, 2.75) is 13.1 Å². The Bertz CT molecular complexity index is 648. The summed E-state index contributed by atoms with van der Waals surface area (Å²) < 4.78 is 43.2. The molecule has 0 unspecified atom stereocenters. The number of benzene rings is 2. The van der Waals surface area contributed by atoms with Gasteiger partial charge in [0, 0.05) is 0 Å². The molecule has 0 saturated carbocycles. The molecule has 0 spiro atoms. The van der Waals surface area contributed by atoms with Crippen molar-refractivity contribution in [3.05, 3.63) is 59.7 Å². The Morgan fingerprint density at radius 3 is 2.48 bits per heavy atom. The fourth-order valence-electron chi connectivity index (χ4n) is 1.98. The number of ether oxygens (including phenoxy) is 1. The van der Waals surface area contributed by atoms with Gasteiger partial charge < -0.3 is 4.74 Å². The van der Waals surface area contributed by atoms with Crippen LogP contribution >= 0.6 is 0 Å². The molecular weight excluding hydrogens is 281 g/mol. The van der Waals surface area contributed by atoms with Crippen molar-refractivity contribution >= 4 is 5.97 Å². The van der Waals surface area contributed by atoms with Gasteiger partial charge in [0.15, 0.2) is 0 Å². The van der Waals surface area contributed by atoms with Crippen molar-refractivity contribution in [3.63, 3.8) is 0 Å². The predicted octanol–water partition coefficient (Wildman–Crippen LogP) is 4.55. The number of carbonyl (C=O) groups excluding carboxylic acids is 1. The van der Waals surface area contributed by atoms with Gasteiger partial charge >= 0.3 is 12.1 Å². The third-order valence-electron chi connectivity index (χ3n) is 2.92. The van der Waals surface area contributed by atoms with E-state index in [1.165, 1.54) is 18.2 Å². The van der Waals surface area contributed by atoms with Gasteiger partial charge in [-0.25, -0.2) is 4.79 Å². The highest BCUT2D eigenvalue weighted by Gasteiger charge is 2.30. The van der Waals surface area contributed by atoms with E-state index < -0.39 is 17.7 Å². The summed E-state index contributed by atoms with van der Waals surface area (Å²) in [5.41, 5.74) is 0.243. The Kier molecular flexibility index (Phi) is 4.31. The van der Waals surface area contributed by atoms with Gasteiger partial charge in [0.25, 0.3) is 0 Å². The molecule has 0 heterocycles. The second kappa shape index (κ2) is 5.99. The molecule has 0 fully saturated rings. The molecule has 0 amide bonds. The number of halogens is 3. The van der Waals surface area contributed by atoms with Gasteiger partial charge in [-0.1, -0.05) is 30.3 Å². The number of rotatable bonds is 3. The van der Waals surface area contributed by atoms with Crippen LogP contribution in [0.2, 0.25) is 0 Å².